The van der Waals surface area contributed by atoms with Gasteiger partial charge in [-0.25, -0.2) is 13.4 Å². The highest BCUT2D eigenvalue weighted by atomic mass is 32.2. The number of thioether (sulfide) groups is 1. The summed E-state index contributed by atoms with van der Waals surface area (Å²) in [6, 6.07) is 16.0. The van der Waals surface area contributed by atoms with Crippen molar-refractivity contribution in [2.45, 2.75) is 48.2 Å². The summed E-state index contributed by atoms with van der Waals surface area (Å²) in [6.45, 7) is 5.82. The Labute approximate surface area is 181 Å². The number of nitrogens with one attached hydrogen (secondary N) is 2. The van der Waals surface area contributed by atoms with Crippen LogP contribution in [0, 0.1) is 6.92 Å². The van der Waals surface area contributed by atoms with Gasteiger partial charge in [-0.1, -0.05) is 66.7 Å². The predicted molar refractivity (Wildman–Crippen MR) is 119 cm³/mol. The Morgan fingerprint density at radius 1 is 1.13 bits per heavy atom. The van der Waals surface area contributed by atoms with E-state index >= 15 is 0 Å². The average Bonchev–Trinajstić information content (AvgIpc) is 3.18. The number of aromatic nitrogens is 2. The van der Waals surface area contributed by atoms with Gasteiger partial charge in [0.25, 0.3) is 0 Å². The lowest BCUT2D eigenvalue weighted by Crippen LogP contribution is -2.33. The molecule has 1 aromatic heterocycles. The van der Waals surface area contributed by atoms with Crippen LogP contribution in [0.1, 0.15) is 25.8 Å². The second-order valence-electron chi connectivity index (χ2n) is 7.07. The normalized spacial score (nSPS) is 12.5. The van der Waals surface area contributed by atoms with E-state index in [9.17, 15) is 13.2 Å². The van der Waals surface area contributed by atoms with Gasteiger partial charge in [0, 0.05) is 11.6 Å². The fourth-order valence-corrected chi connectivity index (χ4v) is 5.17. The molecular weight excluding hydrogens is 418 g/mol. The second kappa shape index (κ2) is 9.49. The summed E-state index contributed by atoms with van der Waals surface area (Å²) in [7, 11) is -3.82. The smallest absolute Gasteiger partial charge is 0.230 e. The first-order valence-corrected chi connectivity index (χ1v) is 12.2. The third-order valence-electron chi connectivity index (χ3n) is 4.65. The molecule has 3 rings (SSSR count). The number of carbonyl (C=O) groups is 1. The topological polar surface area (TPSA) is 91.9 Å². The van der Waals surface area contributed by atoms with Crippen molar-refractivity contribution in [1.82, 2.24) is 15.3 Å². The fraction of sp³-hybridized carbons (Fsp3) is 0.273. The van der Waals surface area contributed by atoms with E-state index in [1.165, 1.54) is 0 Å². The Hall–Kier alpha value is -2.58. The van der Waals surface area contributed by atoms with Crippen LogP contribution < -0.4 is 5.32 Å². The Kier molecular flexibility index (Phi) is 6.99. The van der Waals surface area contributed by atoms with Crippen LogP contribution >= 0.6 is 11.8 Å². The van der Waals surface area contributed by atoms with Crippen LogP contribution in [0.15, 0.2) is 69.5 Å². The van der Waals surface area contributed by atoms with Crippen molar-refractivity contribution in [3.8, 4) is 11.4 Å². The number of hydrogen-bond acceptors (Lipinski definition) is 5. The molecule has 158 valence electrons. The first kappa shape index (κ1) is 22.1. The summed E-state index contributed by atoms with van der Waals surface area (Å²) >= 11 is 1.11. The summed E-state index contributed by atoms with van der Waals surface area (Å²) in [4.78, 5) is 19.9. The summed E-state index contributed by atoms with van der Waals surface area (Å²) in [5.41, 5.74) is 1.74. The Morgan fingerprint density at radius 2 is 1.80 bits per heavy atom. The monoisotopic (exact) mass is 443 g/mol. The maximum atomic E-state index is 13.3. The van der Waals surface area contributed by atoms with Crippen molar-refractivity contribution < 1.29 is 13.2 Å². The Balaban J connectivity index is 1.97. The van der Waals surface area contributed by atoms with Crippen molar-refractivity contribution >= 4 is 27.5 Å². The third-order valence-corrected chi connectivity index (χ3v) is 7.48. The molecule has 0 unspecified atom stereocenters. The van der Waals surface area contributed by atoms with Crippen LogP contribution in [0.4, 0.5) is 0 Å². The van der Waals surface area contributed by atoms with Crippen molar-refractivity contribution in [3.63, 3.8) is 0 Å². The van der Waals surface area contributed by atoms with E-state index in [0.29, 0.717) is 5.82 Å². The minimum atomic E-state index is -3.82. The van der Waals surface area contributed by atoms with Gasteiger partial charge in [-0.2, -0.15) is 0 Å². The van der Waals surface area contributed by atoms with Gasteiger partial charge in [-0.05, 0) is 32.4 Å². The van der Waals surface area contributed by atoms with E-state index in [1.807, 2.05) is 51.1 Å². The molecule has 0 aliphatic rings. The van der Waals surface area contributed by atoms with Crippen LogP contribution in [-0.4, -0.2) is 36.1 Å². The van der Waals surface area contributed by atoms with Crippen molar-refractivity contribution in [3.05, 3.63) is 60.2 Å². The highest BCUT2D eigenvalue weighted by Crippen LogP contribution is 2.32. The van der Waals surface area contributed by atoms with Crippen molar-refractivity contribution in [2.24, 2.45) is 0 Å². The number of aryl methyl sites for hydroxylation is 1. The zero-order valence-electron chi connectivity index (χ0n) is 17.2. The zero-order chi connectivity index (χ0) is 21.7. The van der Waals surface area contributed by atoms with E-state index in [2.05, 4.69) is 15.3 Å². The zero-order valence-corrected chi connectivity index (χ0v) is 18.8. The number of nitrogens with zero attached hydrogens (tertiary/aromatic N) is 1. The molecule has 0 bridgehead atoms. The molecule has 30 heavy (non-hydrogen) atoms. The fourth-order valence-electron chi connectivity index (χ4n) is 2.74. The number of sulfone groups is 1. The van der Waals surface area contributed by atoms with Gasteiger partial charge in [-0.15, -0.1) is 0 Å². The molecule has 6 nitrogen and oxygen atoms in total. The first-order chi connectivity index (χ1) is 14.3. The number of imidazole rings is 1. The molecule has 1 heterocycles. The van der Waals surface area contributed by atoms with Crippen LogP contribution in [0.25, 0.3) is 11.4 Å². The van der Waals surface area contributed by atoms with E-state index < -0.39 is 9.84 Å². The number of hydrogen-bond donors (Lipinski definition) is 2. The summed E-state index contributed by atoms with van der Waals surface area (Å²) < 4.78 is 26.6. The summed E-state index contributed by atoms with van der Waals surface area (Å²) in [5, 5.41) is 3.18. The van der Waals surface area contributed by atoms with Gasteiger partial charge in [-0.3, -0.25) is 4.79 Å². The minimum absolute atomic E-state index is 0.00606. The molecule has 1 atom stereocenters. The Bertz CT molecular complexity index is 1110. The SMILES string of the molecule is CC[C@H](C)NC(=O)CSc1nc(-c2ccccc2)[nH]c1S(=O)(=O)c1ccc(C)cc1. The van der Waals surface area contributed by atoms with Gasteiger partial charge < -0.3 is 10.3 Å². The minimum Gasteiger partial charge on any atom is -0.353 e. The molecule has 0 radical (unpaired) electrons. The molecule has 0 spiro atoms. The number of amides is 1. The molecule has 2 N–H and O–H groups in total. The maximum Gasteiger partial charge on any atom is 0.230 e. The maximum absolute atomic E-state index is 13.3. The molecular formula is C22H25N3O3S2. The van der Waals surface area contributed by atoms with Crippen LogP contribution in [-0.2, 0) is 14.6 Å². The highest BCUT2D eigenvalue weighted by Gasteiger charge is 2.27. The lowest BCUT2D eigenvalue weighted by atomic mass is 10.2. The van der Waals surface area contributed by atoms with Gasteiger partial charge >= 0.3 is 0 Å². The number of carbonyl (C=O) groups excluding carboxylic acids is 1. The lowest BCUT2D eigenvalue weighted by molar-refractivity contribution is -0.119. The summed E-state index contributed by atoms with van der Waals surface area (Å²) in [5.74, 6) is 0.378. The number of benzene rings is 2. The van der Waals surface area contributed by atoms with Crippen LogP contribution in [0.5, 0.6) is 0 Å². The lowest BCUT2D eigenvalue weighted by Gasteiger charge is -2.10. The van der Waals surface area contributed by atoms with E-state index in [1.54, 1.807) is 24.3 Å². The molecule has 1 amide bonds. The quantitative estimate of drug-likeness (QED) is 0.509. The van der Waals surface area contributed by atoms with Gasteiger partial charge in [0.2, 0.25) is 15.7 Å². The largest absolute Gasteiger partial charge is 0.353 e. The van der Waals surface area contributed by atoms with Gasteiger partial charge in [0.15, 0.2) is 5.03 Å². The molecule has 0 fully saturated rings. The molecule has 3 aromatic rings. The standard InChI is InChI=1S/C22H25N3O3S2/c1-4-16(3)23-19(26)14-29-21-22(25-20(24-21)17-8-6-5-7-9-17)30(27,28)18-12-10-15(2)11-13-18/h5-13,16H,4,14H2,1-3H3,(H,23,26)(H,24,25)/t16-/m0/s1. The predicted octanol–water partition coefficient (Wildman–Crippen LogP) is 4.22. The molecule has 2 aromatic carbocycles. The molecule has 8 heteroatoms. The van der Waals surface area contributed by atoms with E-state index in [0.717, 1.165) is 29.3 Å². The van der Waals surface area contributed by atoms with Crippen LogP contribution in [0.3, 0.4) is 0 Å². The third kappa shape index (κ3) is 5.12. The van der Waals surface area contributed by atoms with Crippen LogP contribution in [0.2, 0.25) is 0 Å². The number of H-pyrrole nitrogens is 1. The number of aromatic amines is 1. The molecule has 0 saturated carbocycles. The summed E-state index contributed by atoms with van der Waals surface area (Å²) in [6.07, 6.45) is 0.823. The van der Waals surface area contributed by atoms with Crippen molar-refractivity contribution in [2.75, 3.05) is 5.75 Å². The highest BCUT2D eigenvalue weighted by molar-refractivity contribution is 8.00. The molecule has 0 aliphatic carbocycles. The Morgan fingerprint density at radius 3 is 2.43 bits per heavy atom. The molecule has 0 saturated heterocycles. The van der Waals surface area contributed by atoms with Crippen molar-refractivity contribution in [1.29, 1.82) is 0 Å². The molecule has 0 aliphatic heterocycles. The number of rotatable bonds is 8. The van der Waals surface area contributed by atoms with E-state index in [-0.39, 0.29) is 32.6 Å². The average molecular weight is 444 g/mol. The van der Waals surface area contributed by atoms with Gasteiger partial charge in [0.1, 0.15) is 10.9 Å². The first-order valence-electron chi connectivity index (χ1n) is 9.70. The second-order valence-corrected chi connectivity index (χ2v) is 9.92. The van der Waals surface area contributed by atoms with E-state index in [4.69, 9.17) is 0 Å². The van der Waals surface area contributed by atoms with Gasteiger partial charge in [0.05, 0.1) is 10.6 Å².